The second-order valence-electron chi connectivity index (χ2n) is 7.65. The van der Waals surface area contributed by atoms with Gasteiger partial charge in [0, 0.05) is 39.0 Å². The number of sulfone groups is 1. The molecule has 0 fully saturated rings. The number of ether oxygens (including phenoxy) is 1. The van der Waals surface area contributed by atoms with E-state index in [0.29, 0.717) is 5.82 Å². The van der Waals surface area contributed by atoms with Crippen LogP contribution in [-0.2, 0) is 9.84 Å². The Morgan fingerprint density at radius 3 is 2.42 bits per heavy atom. The van der Waals surface area contributed by atoms with Crippen molar-refractivity contribution in [2.75, 3.05) is 18.7 Å². The van der Waals surface area contributed by atoms with Gasteiger partial charge in [-0.15, -0.1) is 11.3 Å². The van der Waals surface area contributed by atoms with Gasteiger partial charge in [-0.1, -0.05) is 30.3 Å². The standard InChI is InChI=1S/C25H21N3O3S2/c1-31-18-10-6-16(7-11-18)20-4-3-5-21-22(15-32-25(20)21)23-14-24(28-27-23)26-17-8-12-19(13-9-17)33(2,29)30/h3-15H,1-2H3,(H2,26,27,28). The van der Waals surface area contributed by atoms with Crippen LogP contribution in [0.3, 0.4) is 0 Å². The molecule has 5 rings (SSSR count). The summed E-state index contributed by atoms with van der Waals surface area (Å²) in [6, 6.07) is 23.0. The van der Waals surface area contributed by atoms with Crippen LogP contribution >= 0.6 is 11.3 Å². The lowest BCUT2D eigenvalue weighted by Gasteiger charge is -2.06. The largest absolute Gasteiger partial charge is 0.497 e. The van der Waals surface area contributed by atoms with Gasteiger partial charge in [-0.05, 0) is 47.5 Å². The predicted molar refractivity (Wildman–Crippen MR) is 134 cm³/mol. The van der Waals surface area contributed by atoms with E-state index in [-0.39, 0.29) is 4.90 Å². The Morgan fingerprint density at radius 2 is 1.73 bits per heavy atom. The zero-order valence-corrected chi connectivity index (χ0v) is 19.6. The molecular weight excluding hydrogens is 454 g/mol. The van der Waals surface area contributed by atoms with E-state index in [1.54, 1.807) is 42.7 Å². The van der Waals surface area contributed by atoms with Gasteiger partial charge in [-0.25, -0.2) is 8.42 Å². The zero-order chi connectivity index (χ0) is 23.0. The number of methoxy groups -OCH3 is 1. The Bertz CT molecular complexity index is 1530. The summed E-state index contributed by atoms with van der Waals surface area (Å²) in [6.07, 6.45) is 1.20. The number of rotatable bonds is 6. The first-order valence-corrected chi connectivity index (χ1v) is 13.0. The highest BCUT2D eigenvalue weighted by Crippen LogP contribution is 2.39. The molecule has 8 heteroatoms. The Hall–Kier alpha value is -3.62. The third-order valence-electron chi connectivity index (χ3n) is 5.42. The molecule has 166 valence electrons. The lowest BCUT2D eigenvalue weighted by Crippen LogP contribution is -1.97. The van der Waals surface area contributed by atoms with Gasteiger partial charge in [0.25, 0.3) is 0 Å². The van der Waals surface area contributed by atoms with E-state index < -0.39 is 9.84 Å². The van der Waals surface area contributed by atoms with E-state index in [4.69, 9.17) is 4.74 Å². The fourth-order valence-electron chi connectivity index (χ4n) is 3.72. The first kappa shape index (κ1) is 21.2. The number of hydrogen-bond donors (Lipinski definition) is 2. The summed E-state index contributed by atoms with van der Waals surface area (Å²) in [4.78, 5) is 0.285. The number of anilines is 2. The molecule has 0 atom stereocenters. The normalized spacial score (nSPS) is 11.6. The summed E-state index contributed by atoms with van der Waals surface area (Å²) < 4.78 is 29.8. The van der Waals surface area contributed by atoms with E-state index in [1.165, 1.54) is 16.5 Å². The fourth-order valence-corrected chi connectivity index (χ4v) is 5.46. The van der Waals surface area contributed by atoms with E-state index in [0.717, 1.165) is 33.6 Å². The maximum absolute atomic E-state index is 11.6. The van der Waals surface area contributed by atoms with Crippen LogP contribution in [0.15, 0.2) is 83.1 Å². The number of aromatic amines is 1. The molecule has 0 unspecified atom stereocenters. The molecule has 3 aromatic carbocycles. The molecule has 0 saturated heterocycles. The number of nitrogens with one attached hydrogen (secondary N) is 2. The van der Waals surface area contributed by atoms with Gasteiger partial charge >= 0.3 is 0 Å². The summed E-state index contributed by atoms with van der Waals surface area (Å²) in [6.45, 7) is 0. The van der Waals surface area contributed by atoms with Crippen LogP contribution in [0.4, 0.5) is 11.5 Å². The number of nitrogens with zero attached hydrogens (tertiary/aromatic N) is 1. The van der Waals surface area contributed by atoms with Gasteiger partial charge < -0.3 is 10.1 Å². The van der Waals surface area contributed by atoms with Gasteiger partial charge in [-0.2, -0.15) is 5.10 Å². The SMILES string of the molecule is COc1ccc(-c2cccc3c(-c4cc(Nc5ccc(S(C)(=O)=O)cc5)n[nH]4)csc23)cc1. The van der Waals surface area contributed by atoms with Crippen molar-refractivity contribution in [3.63, 3.8) is 0 Å². The monoisotopic (exact) mass is 475 g/mol. The molecule has 0 aliphatic carbocycles. The van der Waals surface area contributed by atoms with Crippen molar-refractivity contribution >= 4 is 42.8 Å². The molecule has 0 saturated carbocycles. The first-order valence-electron chi connectivity index (χ1n) is 10.2. The van der Waals surface area contributed by atoms with Crippen molar-refractivity contribution in [2.24, 2.45) is 0 Å². The van der Waals surface area contributed by atoms with Crippen LogP contribution in [-0.4, -0.2) is 32.0 Å². The summed E-state index contributed by atoms with van der Waals surface area (Å²) in [7, 11) is -1.55. The number of aromatic nitrogens is 2. The molecule has 2 aromatic heterocycles. The second kappa shape index (κ2) is 8.38. The van der Waals surface area contributed by atoms with Crippen LogP contribution in [0.25, 0.3) is 32.5 Å². The predicted octanol–water partition coefficient (Wildman–Crippen LogP) is 6.11. The fraction of sp³-hybridized carbons (Fsp3) is 0.0800. The zero-order valence-electron chi connectivity index (χ0n) is 18.0. The van der Waals surface area contributed by atoms with E-state index >= 15 is 0 Å². The third-order valence-corrected chi connectivity index (χ3v) is 7.58. The summed E-state index contributed by atoms with van der Waals surface area (Å²) in [5.74, 6) is 1.49. The van der Waals surface area contributed by atoms with Crippen LogP contribution in [0.5, 0.6) is 5.75 Å². The third kappa shape index (κ3) is 4.22. The summed E-state index contributed by atoms with van der Waals surface area (Å²) >= 11 is 1.70. The lowest BCUT2D eigenvalue weighted by molar-refractivity contribution is 0.415. The Morgan fingerprint density at radius 1 is 0.970 bits per heavy atom. The van der Waals surface area contributed by atoms with Gasteiger partial charge in [0.05, 0.1) is 17.7 Å². The molecule has 2 heterocycles. The first-order chi connectivity index (χ1) is 15.9. The van der Waals surface area contributed by atoms with Crippen molar-refractivity contribution in [1.29, 1.82) is 0 Å². The topological polar surface area (TPSA) is 84.1 Å². The van der Waals surface area contributed by atoms with Gasteiger partial charge in [0.15, 0.2) is 15.7 Å². The number of H-pyrrole nitrogens is 1. The highest BCUT2D eigenvalue weighted by Gasteiger charge is 2.13. The average molecular weight is 476 g/mol. The molecule has 0 radical (unpaired) electrons. The number of thiophene rings is 1. The minimum absolute atomic E-state index is 0.285. The van der Waals surface area contributed by atoms with Gasteiger partial charge in [-0.3, -0.25) is 5.10 Å². The van der Waals surface area contributed by atoms with E-state index in [1.807, 2.05) is 18.2 Å². The Kier molecular flexibility index (Phi) is 5.39. The Balaban J connectivity index is 1.43. The molecule has 0 aliphatic rings. The highest BCUT2D eigenvalue weighted by atomic mass is 32.2. The van der Waals surface area contributed by atoms with Gasteiger partial charge in [0.2, 0.25) is 0 Å². The van der Waals surface area contributed by atoms with Crippen LogP contribution < -0.4 is 10.1 Å². The van der Waals surface area contributed by atoms with Crippen molar-refractivity contribution in [3.8, 4) is 28.1 Å². The number of benzene rings is 3. The van der Waals surface area contributed by atoms with Crippen molar-refractivity contribution in [1.82, 2.24) is 10.2 Å². The minimum atomic E-state index is -3.22. The molecule has 6 nitrogen and oxygen atoms in total. The molecule has 33 heavy (non-hydrogen) atoms. The van der Waals surface area contributed by atoms with E-state index in [9.17, 15) is 8.42 Å². The van der Waals surface area contributed by atoms with Crippen LogP contribution in [0.1, 0.15) is 0 Å². The maximum Gasteiger partial charge on any atom is 0.175 e. The minimum Gasteiger partial charge on any atom is -0.497 e. The summed E-state index contributed by atoms with van der Waals surface area (Å²) in [5.41, 5.74) is 5.06. The molecular formula is C25H21N3O3S2. The molecule has 0 amide bonds. The van der Waals surface area contributed by atoms with Crippen molar-refractivity contribution < 1.29 is 13.2 Å². The quantitative estimate of drug-likeness (QED) is 0.309. The molecule has 5 aromatic rings. The molecule has 0 aliphatic heterocycles. The lowest BCUT2D eigenvalue weighted by atomic mass is 10.0. The van der Waals surface area contributed by atoms with Crippen LogP contribution in [0.2, 0.25) is 0 Å². The van der Waals surface area contributed by atoms with Crippen LogP contribution in [0, 0.1) is 0 Å². The molecule has 0 bridgehead atoms. The number of hydrogen-bond acceptors (Lipinski definition) is 6. The Labute approximate surface area is 195 Å². The second-order valence-corrected chi connectivity index (χ2v) is 10.5. The van der Waals surface area contributed by atoms with Crippen molar-refractivity contribution in [2.45, 2.75) is 4.90 Å². The maximum atomic E-state index is 11.6. The van der Waals surface area contributed by atoms with E-state index in [2.05, 4.69) is 51.2 Å². The summed E-state index contributed by atoms with van der Waals surface area (Å²) in [5, 5.41) is 14.0. The average Bonchev–Trinajstić information content (AvgIpc) is 3.45. The van der Waals surface area contributed by atoms with Crippen molar-refractivity contribution in [3.05, 3.63) is 78.2 Å². The highest BCUT2D eigenvalue weighted by molar-refractivity contribution is 7.90. The number of fused-ring (bicyclic) bond motifs is 1. The molecule has 0 spiro atoms. The van der Waals surface area contributed by atoms with Gasteiger partial charge in [0.1, 0.15) is 5.75 Å². The smallest absolute Gasteiger partial charge is 0.175 e. The molecule has 2 N–H and O–H groups in total.